The van der Waals surface area contributed by atoms with Crippen molar-refractivity contribution in [2.45, 2.75) is 51.4 Å². The molecule has 3 N–H and O–H groups in total. The molecule has 4 heteroatoms. The topological polar surface area (TPSA) is 65.6 Å². The maximum Gasteiger partial charge on any atom is 0.129 e. The highest BCUT2D eigenvalue weighted by atomic mass is 16.4. The summed E-state index contributed by atoms with van der Waals surface area (Å²) in [5, 5.41) is 22.5. The fraction of sp³-hybridized carbons (Fsp3) is 0.714. The summed E-state index contributed by atoms with van der Waals surface area (Å²) in [6.45, 7) is 3.38. The van der Waals surface area contributed by atoms with Crippen molar-refractivity contribution in [2.75, 3.05) is 6.54 Å². The molecule has 1 fully saturated rings. The van der Waals surface area contributed by atoms with Gasteiger partial charge in [0.05, 0.1) is 12.1 Å². The zero-order valence-electron chi connectivity index (χ0n) is 11.0. The van der Waals surface area contributed by atoms with Crippen molar-refractivity contribution >= 4 is 0 Å². The van der Waals surface area contributed by atoms with Crippen molar-refractivity contribution in [3.63, 3.8) is 0 Å². The highest BCUT2D eigenvalue weighted by Crippen LogP contribution is 2.31. The van der Waals surface area contributed by atoms with E-state index in [0.717, 1.165) is 37.4 Å². The van der Waals surface area contributed by atoms with Crippen LogP contribution in [0.3, 0.4) is 0 Å². The van der Waals surface area contributed by atoms with Crippen LogP contribution in [-0.4, -0.2) is 22.4 Å². The highest BCUT2D eigenvalue weighted by Gasteiger charge is 2.31. The molecule has 0 radical (unpaired) electrons. The van der Waals surface area contributed by atoms with Crippen LogP contribution in [0, 0.1) is 5.92 Å². The third kappa shape index (κ3) is 3.57. The maximum absolute atomic E-state index is 10.4. The van der Waals surface area contributed by atoms with Crippen molar-refractivity contribution in [3.05, 3.63) is 23.7 Å². The predicted octanol–water partition coefficient (Wildman–Crippen LogP) is 1.80. The lowest BCUT2D eigenvalue weighted by molar-refractivity contribution is -0.00659. The monoisotopic (exact) mass is 253 g/mol. The smallest absolute Gasteiger partial charge is 0.129 e. The molecule has 18 heavy (non-hydrogen) atoms. The SMILES string of the molecule is CC1CCC(O)(CNCc2ccc(CO)o2)CC1. The summed E-state index contributed by atoms with van der Waals surface area (Å²) in [6, 6.07) is 3.62. The summed E-state index contributed by atoms with van der Waals surface area (Å²) in [6.07, 6.45) is 3.96. The first kappa shape index (κ1) is 13.6. The summed E-state index contributed by atoms with van der Waals surface area (Å²) in [5.74, 6) is 2.12. The normalized spacial score (nSPS) is 28.5. The highest BCUT2D eigenvalue weighted by molar-refractivity contribution is 5.06. The van der Waals surface area contributed by atoms with Crippen LogP contribution in [0.1, 0.15) is 44.1 Å². The van der Waals surface area contributed by atoms with E-state index in [4.69, 9.17) is 9.52 Å². The Morgan fingerprint density at radius 2 is 2.00 bits per heavy atom. The summed E-state index contributed by atoms with van der Waals surface area (Å²) in [5.41, 5.74) is -0.557. The molecule has 1 aliphatic carbocycles. The van der Waals surface area contributed by atoms with Crippen LogP contribution in [-0.2, 0) is 13.2 Å². The molecule has 0 atom stereocenters. The molecular weight excluding hydrogens is 230 g/mol. The Morgan fingerprint density at radius 3 is 2.61 bits per heavy atom. The van der Waals surface area contributed by atoms with E-state index < -0.39 is 5.60 Å². The first-order chi connectivity index (χ1) is 8.61. The second kappa shape index (κ2) is 5.87. The number of hydrogen-bond acceptors (Lipinski definition) is 4. The Bertz CT molecular complexity index is 367. The van der Waals surface area contributed by atoms with E-state index in [9.17, 15) is 5.11 Å². The van der Waals surface area contributed by atoms with Gasteiger partial charge in [0.1, 0.15) is 18.1 Å². The van der Waals surface area contributed by atoms with Gasteiger partial charge in [-0.2, -0.15) is 0 Å². The standard InChI is InChI=1S/C14H23NO3/c1-11-4-6-14(17,7-5-11)10-15-8-12-2-3-13(9-16)18-12/h2-3,11,15-17H,4-10H2,1H3. The van der Waals surface area contributed by atoms with Gasteiger partial charge in [-0.05, 0) is 43.7 Å². The quantitative estimate of drug-likeness (QED) is 0.748. The fourth-order valence-corrected chi connectivity index (χ4v) is 2.50. The molecule has 0 aliphatic heterocycles. The van der Waals surface area contributed by atoms with Gasteiger partial charge in [-0.15, -0.1) is 0 Å². The Balaban J connectivity index is 1.74. The van der Waals surface area contributed by atoms with Gasteiger partial charge in [-0.3, -0.25) is 0 Å². The van der Waals surface area contributed by atoms with E-state index >= 15 is 0 Å². The molecule has 102 valence electrons. The van der Waals surface area contributed by atoms with Crippen LogP contribution in [0.2, 0.25) is 0 Å². The van der Waals surface area contributed by atoms with Crippen molar-refractivity contribution in [1.29, 1.82) is 0 Å². The number of aliphatic hydroxyl groups is 2. The van der Waals surface area contributed by atoms with E-state index in [2.05, 4.69) is 12.2 Å². The van der Waals surface area contributed by atoms with Crippen LogP contribution >= 0.6 is 0 Å². The fourth-order valence-electron chi connectivity index (χ4n) is 2.50. The van der Waals surface area contributed by atoms with Gasteiger partial charge >= 0.3 is 0 Å². The first-order valence-electron chi connectivity index (χ1n) is 6.73. The molecule has 0 unspecified atom stereocenters. The molecule has 0 bridgehead atoms. The zero-order valence-corrected chi connectivity index (χ0v) is 11.0. The van der Waals surface area contributed by atoms with E-state index in [1.165, 1.54) is 0 Å². The molecule has 2 rings (SSSR count). The van der Waals surface area contributed by atoms with E-state index in [1.54, 1.807) is 6.07 Å². The summed E-state index contributed by atoms with van der Waals surface area (Å²) >= 11 is 0. The van der Waals surface area contributed by atoms with Gasteiger partial charge in [-0.1, -0.05) is 6.92 Å². The lowest BCUT2D eigenvalue weighted by Crippen LogP contribution is -2.43. The summed E-state index contributed by atoms with van der Waals surface area (Å²) in [4.78, 5) is 0. The predicted molar refractivity (Wildman–Crippen MR) is 68.9 cm³/mol. The number of hydrogen-bond donors (Lipinski definition) is 3. The third-order valence-electron chi connectivity index (χ3n) is 3.83. The maximum atomic E-state index is 10.4. The second-order valence-electron chi connectivity index (χ2n) is 5.54. The van der Waals surface area contributed by atoms with Crippen LogP contribution in [0.4, 0.5) is 0 Å². The van der Waals surface area contributed by atoms with E-state index in [1.807, 2.05) is 6.07 Å². The molecule has 1 heterocycles. The molecule has 4 nitrogen and oxygen atoms in total. The average molecular weight is 253 g/mol. The van der Waals surface area contributed by atoms with Gasteiger partial charge in [0.15, 0.2) is 0 Å². The number of furan rings is 1. The van der Waals surface area contributed by atoms with Crippen molar-refractivity contribution in [1.82, 2.24) is 5.32 Å². The van der Waals surface area contributed by atoms with Gasteiger partial charge in [0.25, 0.3) is 0 Å². The minimum atomic E-state index is -0.557. The van der Waals surface area contributed by atoms with Crippen molar-refractivity contribution in [3.8, 4) is 0 Å². The Kier molecular flexibility index (Phi) is 4.43. The Labute approximate surface area is 108 Å². The van der Waals surface area contributed by atoms with Crippen LogP contribution in [0.5, 0.6) is 0 Å². The van der Waals surface area contributed by atoms with Gasteiger partial charge in [0, 0.05) is 6.54 Å². The van der Waals surface area contributed by atoms with Gasteiger partial charge in [-0.25, -0.2) is 0 Å². The number of nitrogens with one attached hydrogen (secondary N) is 1. The molecule has 1 aromatic rings. The molecular formula is C14H23NO3. The summed E-state index contributed by atoms with van der Waals surface area (Å²) in [7, 11) is 0. The first-order valence-corrected chi connectivity index (χ1v) is 6.73. The molecule has 1 aliphatic rings. The van der Waals surface area contributed by atoms with Gasteiger partial charge < -0.3 is 19.9 Å². The molecule has 1 aromatic heterocycles. The van der Waals surface area contributed by atoms with Crippen molar-refractivity contribution < 1.29 is 14.6 Å². The second-order valence-corrected chi connectivity index (χ2v) is 5.54. The molecule has 0 saturated heterocycles. The number of rotatable bonds is 5. The average Bonchev–Trinajstić information content (AvgIpc) is 2.81. The molecule has 0 spiro atoms. The number of aliphatic hydroxyl groups excluding tert-OH is 1. The molecule has 0 aromatic carbocycles. The minimum Gasteiger partial charge on any atom is -0.462 e. The Morgan fingerprint density at radius 1 is 1.33 bits per heavy atom. The lowest BCUT2D eigenvalue weighted by atomic mass is 9.79. The van der Waals surface area contributed by atoms with E-state index in [-0.39, 0.29) is 6.61 Å². The van der Waals surface area contributed by atoms with Crippen molar-refractivity contribution in [2.24, 2.45) is 5.92 Å². The molecule has 0 amide bonds. The van der Waals surface area contributed by atoms with Crippen LogP contribution in [0.15, 0.2) is 16.5 Å². The van der Waals surface area contributed by atoms with E-state index in [0.29, 0.717) is 18.8 Å². The largest absolute Gasteiger partial charge is 0.462 e. The van der Waals surface area contributed by atoms with Crippen LogP contribution < -0.4 is 5.32 Å². The lowest BCUT2D eigenvalue weighted by Gasteiger charge is -2.35. The summed E-state index contributed by atoms with van der Waals surface area (Å²) < 4.78 is 5.38. The molecule has 1 saturated carbocycles. The third-order valence-corrected chi connectivity index (χ3v) is 3.83. The van der Waals surface area contributed by atoms with Gasteiger partial charge in [0.2, 0.25) is 0 Å². The van der Waals surface area contributed by atoms with Crippen LogP contribution in [0.25, 0.3) is 0 Å². The Hall–Kier alpha value is -0.840. The zero-order chi connectivity index (χ0) is 13.0. The minimum absolute atomic E-state index is 0.0676.